The molecule has 2 aromatic rings. The molecule has 2 rings (SSSR count). The van der Waals surface area contributed by atoms with Crippen molar-refractivity contribution in [2.45, 2.75) is 19.8 Å². The van der Waals surface area contributed by atoms with Gasteiger partial charge in [0.1, 0.15) is 11.5 Å². The van der Waals surface area contributed by atoms with Crippen LogP contribution >= 0.6 is 0 Å². The zero-order valence-corrected chi connectivity index (χ0v) is 17.2. The SMILES string of the molecule is CCOc1ccc(NC(=O)CCCN(c2ccccc2OC)S(C)(=O)=O)cc1. The zero-order valence-electron chi connectivity index (χ0n) is 16.3. The second-order valence-corrected chi connectivity index (χ2v) is 8.02. The predicted molar refractivity (Wildman–Crippen MR) is 111 cm³/mol. The summed E-state index contributed by atoms with van der Waals surface area (Å²) in [7, 11) is -2.02. The number of ether oxygens (including phenoxy) is 2. The van der Waals surface area contributed by atoms with Gasteiger partial charge in [-0.15, -0.1) is 0 Å². The molecule has 0 radical (unpaired) electrons. The highest BCUT2D eigenvalue weighted by atomic mass is 32.2. The molecule has 0 heterocycles. The number of methoxy groups -OCH3 is 1. The fourth-order valence-corrected chi connectivity index (χ4v) is 3.68. The summed E-state index contributed by atoms with van der Waals surface area (Å²) < 4.78 is 36.3. The van der Waals surface area contributed by atoms with E-state index in [1.807, 2.05) is 6.92 Å². The minimum atomic E-state index is -3.51. The number of nitrogens with zero attached hydrogens (tertiary/aromatic N) is 1. The van der Waals surface area contributed by atoms with Crippen molar-refractivity contribution in [2.75, 3.05) is 36.1 Å². The number of rotatable bonds is 10. The molecule has 0 fully saturated rings. The average Bonchev–Trinajstić information content (AvgIpc) is 2.66. The number of carbonyl (C=O) groups is 1. The predicted octanol–water partition coefficient (Wildman–Crippen LogP) is 3.28. The molecule has 0 aromatic heterocycles. The molecule has 1 amide bonds. The van der Waals surface area contributed by atoms with E-state index in [0.717, 1.165) is 12.0 Å². The monoisotopic (exact) mass is 406 g/mol. The van der Waals surface area contributed by atoms with Gasteiger partial charge in [-0.25, -0.2) is 8.42 Å². The minimum Gasteiger partial charge on any atom is -0.495 e. The molecule has 7 nitrogen and oxygen atoms in total. The molecule has 0 aliphatic carbocycles. The van der Waals surface area contributed by atoms with Crippen LogP contribution in [0, 0.1) is 0 Å². The lowest BCUT2D eigenvalue weighted by Crippen LogP contribution is -2.31. The van der Waals surface area contributed by atoms with E-state index in [0.29, 0.717) is 30.2 Å². The van der Waals surface area contributed by atoms with E-state index in [1.165, 1.54) is 11.4 Å². The highest BCUT2D eigenvalue weighted by Gasteiger charge is 2.20. The van der Waals surface area contributed by atoms with E-state index in [4.69, 9.17) is 9.47 Å². The highest BCUT2D eigenvalue weighted by Crippen LogP contribution is 2.29. The van der Waals surface area contributed by atoms with Crippen molar-refractivity contribution in [2.24, 2.45) is 0 Å². The number of sulfonamides is 1. The van der Waals surface area contributed by atoms with Crippen LogP contribution in [0.2, 0.25) is 0 Å². The van der Waals surface area contributed by atoms with Crippen molar-refractivity contribution in [1.82, 2.24) is 0 Å². The summed E-state index contributed by atoms with van der Waals surface area (Å²) in [6, 6.07) is 14.0. The van der Waals surface area contributed by atoms with Crippen molar-refractivity contribution in [1.29, 1.82) is 0 Å². The summed E-state index contributed by atoms with van der Waals surface area (Å²) in [5.41, 5.74) is 1.12. The Kier molecular flexibility index (Phi) is 7.69. The van der Waals surface area contributed by atoms with Crippen LogP contribution in [0.15, 0.2) is 48.5 Å². The molecule has 1 N–H and O–H groups in total. The van der Waals surface area contributed by atoms with Crippen LogP contribution < -0.4 is 19.1 Å². The lowest BCUT2D eigenvalue weighted by molar-refractivity contribution is -0.116. The molecule has 0 atom stereocenters. The fourth-order valence-electron chi connectivity index (χ4n) is 2.71. The molecule has 28 heavy (non-hydrogen) atoms. The van der Waals surface area contributed by atoms with Gasteiger partial charge in [0, 0.05) is 18.7 Å². The summed E-state index contributed by atoms with van der Waals surface area (Å²) in [4.78, 5) is 12.2. The Morgan fingerprint density at radius 3 is 2.39 bits per heavy atom. The second kappa shape index (κ2) is 9.98. The number of para-hydroxylation sites is 2. The Balaban J connectivity index is 1.95. The van der Waals surface area contributed by atoms with Gasteiger partial charge in [0.2, 0.25) is 15.9 Å². The Labute approximate surface area is 166 Å². The molecule has 0 aliphatic rings. The first-order valence-corrected chi connectivity index (χ1v) is 10.8. The van der Waals surface area contributed by atoms with Crippen molar-refractivity contribution >= 4 is 27.3 Å². The average molecular weight is 407 g/mol. The number of nitrogens with one attached hydrogen (secondary N) is 1. The number of carbonyl (C=O) groups excluding carboxylic acids is 1. The molecule has 0 unspecified atom stereocenters. The molecule has 8 heteroatoms. The topological polar surface area (TPSA) is 84.9 Å². The Morgan fingerprint density at radius 2 is 1.79 bits per heavy atom. The molecule has 0 saturated heterocycles. The van der Waals surface area contributed by atoms with E-state index >= 15 is 0 Å². The standard InChI is InChI=1S/C20H26N2O5S/c1-4-27-17-13-11-16(12-14-17)21-20(23)10-7-15-22(28(3,24)25)18-8-5-6-9-19(18)26-2/h5-6,8-9,11-14H,4,7,10,15H2,1-3H3,(H,21,23). The summed E-state index contributed by atoms with van der Waals surface area (Å²) >= 11 is 0. The number of anilines is 2. The van der Waals surface area contributed by atoms with Gasteiger partial charge < -0.3 is 14.8 Å². The van der Waals surface area contributed by atoms with Crippen molar-refractivity contribution in [3.8, 4) is 11.5 Å². The minimum absolute atomic E-state index is 0.176. The first-order chi connectivity index (χ1) is 13.3. The number of hydrogen-bond donors (Lipinski definition) is 1. The number of hydrogen-bond acceptors (Lipinski definition) is 5. The van der Waals surface area contributed by atoms with E-state index in [9.17, 15) is 13.2 Å². The third-order valence-corrected chi connectivity index (χ3v) is 5.15. The van der Waals surface area contributed by atoms with E-state index in [-0.39, 0.29) is 18.9 Å². The smallest absolute Gasteiger partial charge is 0.232 e. The largest absolute Gasteiger partial charge is 0.495 e. The third kappa shape index (κ3) is 6.16. The Morgan fingerprint density at radius 1 is 1.11 bits per heavy atom. The number of benzene rings is 2. The van der Waals surface area contributed by atoms with E-state index in [1.54, 1.807) is 48.5 Å². The lowest BCUT2D eigenvalue weighted by atomic mass is 10.2. The second-order valence-electron chi connectivity index (χ2n) is 6.12. The van der Waals surface area contributed by atoms with E-state index < -0.39 is 10.0 Å². The van der Waals surface area contributed by atoms with Crippen LogP contribution in [0.1, 0.15) is 19.8 Å². The Hall–Kier alpha value is -2.74. The summed E-state index contributed by atoms with van der Waals surface area (Å²) in [6.07, 6.45) is 1.70. The van der Waals surface area contributed by atoms with E-state index in [2.05, 4.69) is 5.32 Å². The normalized spacial score (nSPS) is 11.0. The van der Waals surface area contributed by atoms with Gasteiger partial charge in [-0.3, -0.25) is 9.10 Å². The van der Waals surface area contributed by atoms with Crippen LogP contribution in [-0.4, -0.2) is 40.8 Å². The maximum absolute atomic E-state index is 12.2. The Bertz CT molecular complexity index is 882. The maximum atomic E-state index is 12.2. The first-order valence-electron chi connectivity index (χ1n) is 8.98. The van der Waals surface area contributed by atoms with Gasteiger partial charge in [-0.05, 0) is 49.7 Å². The molecule has 0 spiro atoms. The van der Waals surface area contributed by atoms with Crippen LogP contribution in [0.3, 0.4) is 0 Å². The van der Waals surface area contributed by atoms with Gasteiger partial charge in [0.15, 0.2) is 0 Å². The quantitative estimate of drug-likeness (QED) is 0.655. The molecular formula is C20H26N2O5S. The van der Waals surface area contributed by atoms with Gasteiger partial charge in [-0.2, -0.15) is 0 Å². The summed E-state index contributed by atoms with van der Waals surface area (Å²) in [5, 5.41) is 2.80. The van der Waals surface area contributed by atoms with Gasteiger partial charge >= 0.3 is 0 Å². The van der Waals surface area contributed by atoms with Crippen LogP contribution in [0.4, 0.5) is 11.4 Å². The molecule has 2 aromatic carbocycles. The molecule has 0 saturated carbocycles. The fraction of sp³-hybridized carbons (Fsp3) is 0.350. The zero-order chi connectivity index (χ0) is 20.6. The van der Waals surface area contributed by atoms with Crippen LogP contribution in [0.5, 0.6) is 11.5 Å². The van der Waals surface area contributed by atoms with Gasteiger partial charge in [0.05, 0.1) is 25.7 Å². The van der Waals surface area contributed by atoms with Gasteiger partial charge in [0.25, 0.3) is 0 Å². The molecular weight excluding hydrogens is 380 g/mol. The van der Waals surface area contributed by atoms with Gasteiger partial charge in [-0.1, -0.05) is 12.1 Å². The molecule has 0 aliphatic heterocycles. The molecule has 0 bridgehead atoms. The first kappa shape index (κ1) is 21.6. The van der Waals surface area contributed by atoms with Crippen molar-refractivity contribution < 1.29 is 22.7 Å². The number of amides is 1. The van der Waals surface area contributed by atoms with Crippen molar-refractivity contribution in [3.05, 3.63) is 48.5 Å². The van der Waals surface area contributed by atoms with Crippen molar-refractivity contribution in [3.63, 3.8) is 0 Å². The highest BCUT2D eigenvalue weighted by molar-refractivity contribution is 7.92. The summed E-state index contributed by atoms with van der Waals surface area (Å²) in [6.45, 7) is 2.66. The van der Waals surface area contributed by atoms with Crippen LogP contribution in [-0.2, 0) is 14.8 Å². The lowest BCUT2D eigenvalue weighted by Gasteiger charge is -2.24. The summed E-state index contributed by atoms with van der Waals surface area (Å²) in [5.74, 6) is 1.02. The van der Waals surface area contributed by atoms with Crippen LogP contribution in [0.25, 0.3) is 0 Å². The third-order valence-electron chi connectivity index (χ3n) is 3.97. The molecule has 152 valence electrons. The maximum Gasteiger partial charge on any atom is 0.232 e.